The molecule has 6 nitrogen and oxygen atoms in total. The lowest BCUT2D eigenvalue weighted by molar-refractivity contribution is -0.141. The van der Waals surface area contributed by atoms with Crippen molar-refractivity contribution in [2.24, 2.45) is 0 Å². The van der Waals surface area contributed by atoms with E-state index in [2.05, 4.69) is 15.3 Å². The Hall–Kier alpha value is -2.45. The summed E-state index contributed by atoms with van der Waals surface area (Å²) in [6.07, 6.45) is 0.465. The minimum absolute atomic E-state index is 0.0360. The van der Waals surface area contributed by atoms with Gasteiger partial charge in [0.2, 0.25) is 0 Å². The third-order valence-electron chi connectivity index (χ3n) is 3.57. The highest BCUT2D eigenvalue weighted by Crippen LogP contribution is 2.28. The highest BCUT2D eigenvalue weighted by molar-refractivity contribution is 5.94. The molecule has 1 saturated heterocycles. The molecular formula is C13H12F3N5O. The maximum atomic E-state index is 12.5. The Morgan fingerprint density at radius 1 is 1.32 bits per heavy atom. The molecule has 0 spiro atoms. The number of aromatic nitrogens is 4. The first-order valence-electron chi connectivity index (χ1n) is 6.63. The first-order chi connectivity index (χ1) is 10.4. The zero-order valence-electron chi connectivity index (χ0n) is 11.4. The van der Waals surface area contributed by atoms with E-state index in [0.717, 1.165) is 24.8 Å². The lowest BCUT2D eigenvalue weighted by Gasteiger charge is -2.16. The van der Waals surface area contributed by atoms with E-state index in [9.17, 15) is 18.0 Å². The maximum absolute atomic E-state index is 12.5. The van der Waals surface area contributed by atoms with E-state index in [1.165, 1.54) is 0 Å². The largest absolute Gasteiger partial charge is 0.433 e. The standard InChI is InChI=1S/C13H12F3N5O/c14-13(15,16)11-2-1-9(7-17-11)12(22)20-5-3-10(8-20)21-6-4-18-19-21/h1-2,4,6-7,10H,3,5,8H2. The van der Waals surface area contributed by atoms with E-state index in [0.29, 0.717) is 13.1 Å². The van der Waals surface area contributed by atoms with Crippen LogP contribution < -0.4 is 0 Å². The molecule has 1 amide bonds. The fraction of sp³-hybridized carbons (Fsp3) is 0.385. The van der Waals surface area contributed by atoms with Gasteiger partial charge in [0.05, 0.1) is 17.8 Å². The third kappa shape index (κ3) is 2.78. The molecule has 1 atom stereocenters. The highest BCUT2D eigenvalue weighted by Gasteiger charge is 2.33. The summed E-state index contributed by atoms with van der Waals surface area (Å²) in [5.41, 5.74) is -0.863. The molecule has 0 N–H and O–H groups in total. The molecule has 1 unspecified atom stereocenters. The number of carbonyl (C=O) groups excluding carboxylic acids is 1. The number of pyridine rings is 1. The molecule has 3 rings (SSSR count). The number of nitrogens with zero attached hydrogens (tertiary/aromatic N) is 5. The lowest BCUT2D eigenvalue weighted by Crippen LogP contribution is -2.29. The Balaban J connectivity index is 1.70. The molecule has 22 heavy (non-hydrogen) atoms. The zero-order valence-corrected chi connectivity index (χ0v) is 11.4. The van der Waals surface area contributed by atoms with Crippen molar-refractivity contribution in [3.8, 4) is 0 Å². The summed E-state index contributed by atoms with van der Waals surface area (Å²) in [5.74, 6) is -0.330. The molecule has 0 saturated carbocycles. The Bertz CT molecular complexity index is 653. The van der Waals surface area contributed by atoms with Crippen LogP contribution in [-0.2, 0) is 6.18 Å². The van der Waals surface area contributed by atoms with Crippen molar-refractivity contribution in [3.05, 3.63) is 42.0 Å². The summed E-state index contributed by atoms with van der Waals surface area (Å²) in [6.45, 7) is 0.966. The molecule has 0 aliphatic carbocycles. The maximum Gasteiger partial charge on any atom is 0.433 e. The molecule has 0 bridgehead atoms. The molecule has 0 radical (unpaired) electrons. The van der Waals surface area contributed by atoms with Gasteiger partial charge in [-0.1, -0.05) is 5.21 Å². The van der Waals surface area contributed by atoms with Crippen LogP contribution in [0, 0.1) is 0 Å². The average Bonchev–Trinajstić information content (AvgIpc) is 3.16. The van der Waals surface area contributed by atoms with Crippen LogP contribution in [0.3, 0.4) is 0 Å². The molecule has 2 aromatic rings. The molecule has 1 aliphatic heterocycles. The first kappa shape index (κ1) is 14.5. The van der Waals surface area contributed by atoms with Crippen LogP contribution in [0.15, 0.2) is 30.7 Å². The van der Waals surface area contributed by atoms with E-state index >= 15 is 0 Å². The van der Waals surface area contributed by atoms with Gasteiger partial charge in [0.15, 0.2) is 0 Å². The number of hydrogen-bond donors (Lipinski definition) is 0. The highest BCUT2D eigenvalue weighted by atomic mass is 19.4. The predicted molar refractivity (Wildman–Crippen MR) is 68.8 cm³/mol. The van der Waals surface area contributed by atoms with Gasteiger partial charge in [0.1, 0.15) is 5.69 Å². The van der Waals surface area contributed by atoms with Crippen LogP contribution in [0.25, 0.3) is 0 Å². The van der Waals surface area contributed by atoms with Crippen LogP contribution in [-0.4, -0.2) is 43.9 Å². The van der Waals surface area contributed by atoms with Crippen LogP contribution in [0.1, 0.15) is 28.5 Å². The second-order valence-corrected chi connectivity index (χ2v) is 5.01. The van der Waals surface area contributed by atoms with Gasteiger partial charge >= 0.3 is 6.18 Å². The molecular weight excluding hydrogens is 299 g/mol. The van der Waals surface area contributed by atoms with E-state index in [1.807, 2.05) is 0 Å². The summed E-state index contributed by atoms with van der Waals surface area (Å²) in [4.78, 5) is 17.2. The lowest BCUT2D eigenvalue weighted by atomic mass is 10.2. The van der Waals surface area contributed by atoms with Gasteiger partial charge in [-0.2, -0.15) is 13.2 Å². The Kier molecular flexibility index (Phi) is 3.55. The Morgan fingerprint density at radius 3 is 2.73 bits per heavy atom. The third-order valence-corrected chi connectivity index (χ3v) is 3.57. The van der Waals surface area contributed by atoms with Crippen molar-refractivity contribution in [2.45, 2.75) is 18.6 Å². The summed E-state index contributed by atoms with van der Waals surface area (Å²) in [7, 11) is 0. The number of amides is 1. The SMILES string of the molecule is O=C(c1ccc(C(F)(F)F)nc1)N1CCC(n2ccnn2)C1. The van der Waals surface area contributed by atoms with Gasteiger partial charge in [0.25, 0.3) is 5.91 Å². The number of likely N-dealkylation sites (tertiary alicyclic amines) is 1. The fourth-order valence-electron chi connectivity index (χ4n) is 2.42. The van der Waals surface area contributed by atoms with E-state index in [4.69, 9.17) is 0 Å². The first-order valence-corrected chi connectivity index (χ1v) is 6.63. The smallest absolute Gasteiger partial charge is 0.336 e. The minimum atomic E-state index is -4.51. The zero-order chi connectivity index (χ0) is 15.7. The van der Waals surface area contributed by atoms with Crippen LogP contribution in [0.2, 0.25) is 0 Å². The number of alkyl halides is 3. The van der Waals surface area contributed by atoms with Gasteiger partial charge < -0.3 is 4.90 Å². The van der Waals surface area contributed by atoms with Gasteiger partial charge in [-0.05, 0) is 18.6 Å². The molecule has 116 valence electrons. The molecule has 3 heterocycles. The van der Waals surface area contributed by atoms with Crippen LogP contribution in [0.5, 0.6) is 0 Å². The summed E-state index contributed by atoms with van der Waals surface area (Å²) in [6, 6.07) is 2.01. The monoisotopic (exact) mass is 311 g/mol. The number of halogens is 3. The molecule has 0 aromatic carbocycles. The van der Waals surface area contributed by atoms with Gasteiger partial charge in [-0.3, -0.25) is 9.78 Å². The van der Waals surface area contributed by atoms with Crippen molar-refractivity contribution in [1.82, 2.24) is 24.9 Å². The van der Waals surface area contributed by atoms with Gasteiger partial charge in [0, 0.05) is 25.5 Å². The van der Waals surface area contributed by atoms with E-state index in [1.54, 1.807) is 22.0 Å². The molecule has 1 fully saturated rings. The van der Waals surface area contributed by atoms with Gasteiger partial charge in [-0.15, -0.1) is 5.10 Å². The quantitative estimate of drug-likeness (QED) is 0.848. The Morgan fingerprint density at radius 2 is 2.14 bits per heavy atom. The number of hydrogen-bond acceptors (Lipinski definition) is 4. The molecule has 9 heteroatoms. The van der Waals surface area contributed by atoms with Crippen molar-refractivity contribution >= 4 is 5.91 Å². The van der Waals surface area contributed by atoms with Crippen LogP contribution in [0.4, 0.5) is 13.2 Å². The van der Waals surface area contributed by atoms with Crippen molar-refractivity contribution < 1.29 is 18.0 Å². The second-order valence-electron chi connectivity index (χ2n) is 5.01. The fourth-order valence-corrected chi connectivity index (χ4v) is 2.42. The summed E-state index contributed by atoms with van der Waals surface area (Å²) in [5, 5.41) is 7.62. The average molecular weight is 311 g/mol. The van der Waals surface area contributed by atoms with Gasteiger partial charge in [-0.25, -0.2) is 4.68 Å². The molecule has 1 aliphatic rings. The second kappa shape index (κ2) is 5.39. The van der Waals surface area contributed by atoms with Crippen molar-refractivity contribution in [3.63, 3.8) is 0 Å². The van der Waals surface area contributed by atoms with Crippen molar-refractivity contribution in [1.29, 1.82) is 0 Å². The van der Waals surface area contributed by atoms with Crippen molar-refractivity contribution in [2.75, 3.05) is 13.1 Å². The Labute approximate surface area is 123 Å². The summed E-state index contributed by atoms with van der Waals surface area (Å²) < 4.78 is 39.0. The van der Waals surface area contributed by atoms with E-state index in [-0.39, 0.29) is 17.5 Å². The normalized spacial score (nSPS) is 18.7. The predicted octanol–water partition coefficient (Wildman–Crippen LogP) is 1.78. The number of carbonyl (C=O) groups is 1. The molecule has 2 aromatic heterocycles. The minimum Gasteiger partial charge on any atom is -0.336 e. The van der Waals surface area contributed by atoms with Crippen LogP contribution >= 0.6 is 0 Å². The number of rotatable bonds is 2. The van der Waals surface area contributed by atoms with E-state index < -0.39 is 11.9 Å². The summed E-state index contributed by atoms with van der Waals surface area (Å²) >= 11 is 0. The topological polar surface area (TPSA) is 63.9 Å².